The maximum absolute atomic E-state index is 6.49. The van der Waals surface area contributed by atoms with E-state index in [1.165, 1.54) is 49.5 Å². The summed E-state index contributed by atoms with van der Waals surface area (Å²) in [5.74, 6) is 0.680. The molecule has 0 atom stereocenters. The van der Waals surface area contributed by atoms with Crippen LogP contribution in [0.5, 0.6) is 0 Å². The van der Waals surface area contributed by atoms with Crippen LogP contribution in [0.2, 0.25) is 0 Å². The molecule has 0 fully saturated rings. The Balaban J connectivity index is 1.08. The van der Waals surface area contributed by atoms with Gasteiger partial charge in [0.15, 0.2) is 5.82 Å². The monoisotopic (exact) mass is 690 g/mol. The van der Waals surface area contributed by atoms with Gasteiger partial charge in [0.25, 0.3) is 0 Å². The van der Waals surface area contributed by atoms with Gasteiger partial charge in [-0.3, -0.25) is 0 Å². The lowest BCUT2D eigenvalue weighted by Crippen LogP contribution is -2.15. The third-order valence-corrected chi connectivity index (χ3v) is 11.5. The number of rotatable bonds is 4. The van der Waals surface area contributed by atoms with E-state index in [2.05, 4.69) is 166 Å². The van der Waals surface area contributed by atoms with Crippen molar-refractivity contribution in [2.24, 2.45) is 0 Å². The normalized spacial score (nSPS) is 13.1. The topological polar surface area (TPSA) is 38.9 Å². The lowest BCUT2D eigenvalue weighted by atomic mass is 9.81. The SMILES string of the molecule is CC1(C)c2cc(-c3ccc(-c4nc(-c5ccccc5)cc(-c5cccc6c5oc5ccccc56)n4)c4ccccc34)ccc2-c2cc3ccccc3cc21. The fourth-order valence-corrected chi connectivity index (χ4v) is 8.75. The lowest BCUT2D eigenvalue weighted by molar-refractivity contribution is 0.661. The highest BCUT2D eigenvalue weighted by molar-refractivity contribution is 6.10. The molecular formula is C51H34N2O. The molecule has 8 aromatic carbocycles. The molecule has 10 aromatic rings. The minimum atomic E-state index is -0.120. The molecule has 0 saturated heterocycles. The van der Waals surface area contributed by atoms with Gasteiger partial charge >= 0.3 is 0 Å². The average molecular weight is 691 g/mol. The third-order valence-electron chi connectivity index (χ3n) is 11.5. The molecule has 0 bridgehead atoms. The van der Waals surface area contributed by atoms with Gasteiger partial charge in [-0.15, -0.1) is 0 Å². The van der Waals surface area contributed by atoms with E-state index >= 15 is 0 Å². The van der Waals surface area contributed by atoms with E-state index in [-0.39, 0.29) is 5.41 Å². The molecule has 2 aromatic heterocycles. The van der Waals surface area contributed by atoms with Crippen LogP contribution in [0.25, 0.3) is 99.6 Å². The number of nitrogens with zero attached hydrogens (tertiary/aromatic N) is 2. The number of aromatic nitrogens is 2. The van der Waals surface area contributed by atoms with Crippen LogP contribution in [0, 0.1) is 0 Å². The highest BCUT2D eigenvalue weighted by atomic mass is 16.3. The summed E-state index contributed by atoms with van der Waals surface area (Å²) in [4.78, 5) is 10.6. The van der Waals surface area contributed by atoms with Gasteiger partial charge in [-0.2, -0.15) is 0 Å². The molecule has 0 radical (unpaired) electrons. The molecule has 254 valence electrons. The molecule has 0 amide bonds. The van der Waals surface area contributed by atoms with E-state index in [4.69, 9.17) is 14.4 Å². The Morgan fingerprint density at radius 3 is 1.87 bits per heavy atom. The van der Waals surface area contributed by atoms with E-state index in [0.717, 1.165) is 55.4 Å². The molecule has 0 unspecified atom stereocenters. The van der Waals surface area contributed by atoms with Crippen LogP contribution in [0.4, 0.5) is 0 Å². The minimum absolute atomic E-state index is 0.120. The van der Waals surface area contributed by atoms with Crippen LogP contribution in [0.15, 0.2) is 174 Å². The first kappa shape index (κ1) is 30.8. The number of fused-ring (bicyclic) bond motifs is 8. The van der Waals surface area contributed by atoms with E-state index in [9.17, 15) is 0 Å². The predicted octanol–water partition coefficient (Wildman–Crippen LogP) is 13.7. The molecule has 1 aliphatic carbocycles. The standard InChI is InChI=1S/C51H34N2O/c1-51(2)44-29-34(23-24-38(44)43-27-32-15-6-7-16-33(32)28-45(43)51)35-25-26-41(37-18-9-8-17-36(35)37)50-52-46(31-13-4-3-5-14-31)30-47(53-50)42-21-12-20-40-39-19-10-11-22-48(39)54-49(40)42/h3-30H,1-2H3. The summed E-state index contributed by atoms with van der Waals surface area (Å²) >= 11 is 0. The van der Waals surface area contributed by atoms with Gasteiger partial charge in [0.2, 0.25) is 0 Å². The van der Waals surface area contributed by atoms with Crippen molar-refractivity contribution in [1.82, 2.24) is 9.97 Å². The summed E-state index contributed by atoms with van der Waals surface area (Å²) in [6.07, 6.45) is 0. The Morgan fingerprint density at radius 1 is 0.407 bits per heavy atom. The molecule has 11 rings (SSSR count). The smallest absolute Gasteiger partial charge is 0.161 e. The van der Waals surface area contributed by atoms with Crippen molar-refractivity contribution in [2.75, 3.05) is 0 Å². The van der Waals surface area contributed by atoms with E-state index in [1.54, 1.807) is 0 Å². The van der Waals surface area contributed by atoms with Crippen molar-refractivity contribution in [3.05, 3.63) is 181 Å². The fraction of sp³-hybridized carbons (Fsp3) is 0.0588. The van der Waals surface area contributed by atoms with Crippen LogP contribution < -0.4 is 0 Å². The molecule has 54 heavy (non-hydrogen) atoms. The summed E-state index contributed by atoms with van der Waals surface area (Å²) in [7, 11) is 0. The van der Waals surface area contributed by atoms with Crippen LogP contribution in [0.3, 0.4) is 0 Å². The minimum Gasteiger partial charge on any atom is -0.455 e. The predicted molar refractivity (Wildman–Crippen MR) is 224 cm³/mol. The molecule has 0 aliphatic heterocycles. The molecule has 1 aliphatic rings. The number of para-hydroxylation sites is 2. The summed E-state index contributed by atoms with van der Waals surface area (Å²) in [5.41, 5.74) is 14.1. The molecule has 3 nitrogen and oxygen atoms in total. The van der Waals surface area contributed by atoms with Gasteiger partial charge < -0.3 is 4.42 Å². The Morgan fingerprint density at radius 2 is 1.04 bits per heavy atom. The maximum Gasteiger partial charge on any atom is 0.161 e. The first-order chi connectivity index (χ1) is 26.5. The van der Waals surface area contributed by atoms with Crippen molar-refractivity contribution in [2.45, 2.75) is 19.3 Å². The Kier molecular flexibility index (Phi) is 6.60. The lowest BCUT2D eigenvalue weighted by Gasteiger charge is -2.22. The summed E-state index contributed by atoms with van der Waals surface area (Å²) < 4.78 is 6.49. The zero-order valence-electron chi connectivity index (χ0n) is 30.0. The van der Waals surface area contributed by atoms with E-state index in [1.807, 2.05) is 18.2 Å². The zero-order valence-corrected chi connectivity index (χ0v) is 30.0. The number of furan rings is 1. The second-order valence-corrected chi connectivity index (χ2v) is 14.9. The number of hydrogen-bond acceptors (Lipinski definition) is 3. The quantitative estimate of drug-likeness (QED) is 0.184. The Hall–Kier alpha value is -6.84. The van der Waals surface area contributed by atoms with Crippen LogP contribution in [0.1, 0.15) is 25.0 Å². The van der Waals surface area contributed by atoms with Crippen molar-refractivity contribution in [3.8, 4) is 56.2 Å². The molecule has 2 heterocycles. The van der Waals surface area contributed by atoms with Crippen LogP contribution in [-0.4, -0.2) is 9.97 Å². The van der Waals surface area contributed by atoms with Gasteiger partial charge in [-0.1, -0.05) is 141 Å². The third kappa shape index (κ3) is 4.61. The second kappa shape index (κ2) is 11.6. The molecule has 0 spiro atoms. The second-order valence-electron chi connectivity index (χ2n) is 14.9. The Labute approximate surface area is 313 Å². The molecule has 0 N–H and O–H groups in total. The van der Waals surface area contributed by atoms with E-state index in [0.29, 0.717) is 5.82 Å². The fourth-order valence-electron chi connectivity index (χ4n) is 8.75. The van der Waals surface area contributed by atoms with Crippen LogP contribution in [-0.2, 0) is 5.41 Å². The molecule has 0 saturated carbocycles. The van der Waals surface area contributed by atoms with E-state index < -0.39 is 0 Å². The first-order valence-corrected chi connectivity index (χ1v) is 18.6. The van der Waals surface area contributed by atoms with Crippen molar-refractivity contribution in [3.63, 3.8) is 0 Å². The van der Waals surface area contributed by atoms with Gasteiger partial charge in [0.05, 0.1) is 11.4 Å². The van der Waals surface area contributed by atoms with Gasteiger partial charge in [0.1, 0.15) is 11.2 Å². The molecular weight excluding hydrogens is 657 g/mol. The largest absolute Gasteiger partial charge is 0.455 e. The van der Waals surface area contributed by atoms with Crippen molar-refractivity contribution < 1.29 is 4.42 Å². The molecule has 3 heteroatoms. The van der Waals surface area contributed by atoms with Crippen molar-refractivity contribution >= 4 is 43.5 Å². The van der Waals surface area contributed by atoms with Gasteiger partial charge in [-0.05, 0) is 97.4 Å². The van der Waals surface area contributed by atoms with Crippen LogP contribution >= 0.6 is 0 Å². The summed E-state index contributed by atoms with van der Waals surface area (Å²) in [6.45, 7) is 4.72. The number of hydrogen-bond donors (Lipinski definition) is 0. The Bertz CT molecular complexity index is 3130. The first-order valence-electron chi connectivity index (χ1n) is 18.6. The summed E-state index contributed by atoms with van der Waals surface area (Å²) in [6, 6.07) is 60.6. The van der Waals surface area contributed by atoms with Gasteiger partial charge in [0, 0.05) is 32.9 Å². The van der Waals surface area contributed by atoms with Crippen molar-refractivity contribution in [1.29, 1.82) is 0 Å². The summed E-state index contributed by atoms with van der Waals surface area (Å²) in [5, 5.41) is 7.02. The van der Waals surface area contributed by atoms with Gasteiger partial charge in [-0.25, -0.2) is 9.97 Å². The number of benzene rings is 8. The average Bonchev–Trinajstić information content (AvgIpc) is 3.71. The highest BCUT2D eigenvalue weighted by Crippen LogP contribution is 2.51. The zero-order chi connectivity index (χ0) is 36.0. The maximum atomic E-state index is 6.49. The highest BCUT2D eigenvalue weighted by Gasteiger charge is 2.36.